The van der Waals surface area contributed by atoms with Crippen LogP contribution >= 0.6 is 0 Å². The van der Waals surface area contributed by atoms with Crippen molar-refractivity contribution in [2.75, 3.05) is 33.4 Å². The molecule has 24 heavy (non-hydrogen) atoms. The van der Waals surface area contributed by atoms with Crippen molar-refractivity contribution in [3.05, 3.63) is 36.3 Å². The average molecular weight is 330 g/mol. The quantitative estimate of drug-likeness (QED) is 0.834. The van der Waals surface area contributed by atoms with Crippen LogP contribution in [0.2, 0.25) is 0 Å². The molecular weight excluding hydrogens is 308 g/mol. The van der Waals surface area contributed by atoms with Gasteiger partial charge in [-0.25, -0.2) is 0 Å². The van der Waals surface area contributed by atoms with Gasteiger partial charge < -0.3 is 19.9 Å². The minimum Gasteiger partial charge on any atom is -0.384 e. The number of ether oxygens (including phenoxy) is 1. The number of rotatable bonds is 6. The Morgan fingerprint density at radius 3 is 2.83 bits per heavy atom. The fourth-order valence-electron chi connectivity index (χ4n) is 3.03. The molecule has 7 heteroatoms. The molecule has 0 atom stereocenters. The molecule has 1 saturated heterocycles. The summed E-state index contributed by atoms with van der Waals surface area (Å²) in [5.74, 6) is 0.323. The summed E-state index contributed by atoms with van der Waals surface area (Å²) < 4.78 is 10.6. The molecule has 1 amide bonds. The van der Waals surface area contributed by atoms with Crippen molar-refractivity contribution in [2.45, 2.75) is 12.8 Å². The summed E-state index contributed by atoms with van der Waals surface area (Å²) in [6.45, 7) is 3.08. The molecule has 128 valence electrons. The number of nitrogens with zero attached hydrogens (tertiary/aromatic N) is 2. The first-order valence-corrected chi connectivity index (χ1v) is 8.07. The van der Waals surface area contributed by atoms with E-state index >= 15 is 0 Å². The first kappa shape index (κ1) is 16.6. The van der Waals surface area contributed by atoms with E-state index in [1.807, 2.05) is 12.1 Å². The van der Waals surface area contributed by atoms with Crippen LogP contribution in [0.5, 0.6) is 0 Å². The second-order valence-corrected chi connectivity index (χ2v) is 6.18. The van der Waals surface area contributed by atoms with Crippen molar-refractivity contribution in [3.63, 3.8) is 0 Å². The minimum atomic E-state index is -0.229. The summed E-state index contributed by atoms with van der Waals surface area (Å²) in [5, 5.41) is 10.2. The molecule has 0 radical (unpaired) electrons. The number of piperidine rings is 1. The average Bonchev–Trinajstić information content (AvgIpc) is 3.12. The molecule has 2 aromatic heterocycles. The molecule has 7 nitrogen and oxygen atoms in total. The third-order valence-electron chi connectivity index (χ3n) is 4.45. The van der Waals surface area contributed by atoms with E-state index < -0.39 is 0 Å². The van der Waals surface area contributed by atoms with Gasteiger partial charge in [-0.3, -0.25) is 9.78 Å². The van der Waals surface area contributed by atoms with Crippen LogP contribution in [0.15, 0.2) is 35.1 Å². The Bertz CT molecular complexity index is 660. The van der Waals surface area contributed by atoms with Gasteiger partial charge in [-0.2, -0.15) is 0 Å². The van der Waals surface area contributed by atoms with E-state index in [1.165, 1.54) is 0 Å². The molecule has 0 aliphatic carbocycles. The second kappa shape index (κ2) is 7.55. The van der Waals surface area contributed by atoms with Gasteiger partial charge in [-0.15, -0.1) is 0 Å². The maximum atomic E-state index is 12.4. The van der Waals surface area contributed by atoms with Crippen LogP contribution in [0.4, 0.5) is 0 Å². The molecule has 1 aliphatic heterocycles. The third-order valence-corrected chi connectivity index (χ3v) is 4.45. The zero-order valence-electron chi connectivity index (χ0n) is 13.7. The van der Waals surface area contributed by atoms with Gasteiger partial charge in [0.25, 0.3) is 5.91 Å². The van der Waals surface area contributed by atoms with Crippen LogP contribution in [-0.4, -0.2) is 49.4 Å². The van der Waals surface area contributed by atoms with Crippen molar-refractivity contribution in [1.82, 2.24) is 20.8 Å². The van der Waals surface area contributed by atoms with Gasteiger partial charge in [0.15, 0.2) is 11.5 Å². The van der Waals surface area contributed by atoms with Gasteiger partial charge in [0.2, 0.25) is 0 Å². The molecule has 0 aromatic carbocycles. The second-order valence-electron chi connectivity index (χ2n) is 6.18. The summed E-state index contributed by atoms with van der Waals surface area (Å²) in [6.07, 6.45) is 5.29. The van der Waals surface area contributed by atoms with Gasteiger partial charge in [0, 0.05) is 43.1 Å². The molecule has 3 rings (SSSR count). The summed E-state index contributed by atoms with van der Waals surface area (Å²) >= 11 is 0. The normalized spacial score (nSPS) is 16.7. The first-order chi connectivity index (χ1) is 11.7. The summed E-state index contributed by atoms with van der Waals surface area (Å²) in [7, 11) is 1.70. The van der Waals surface area contributed by atoms with Crippen molar-refractivity contribution < 1.29 is 14.1 Å². The molecule has 0 spiro atoms. The number of aromatic nitrogens is 2. The highest BCUT2D eigenvalue weighted by Crippen LogP contribution is 2.28. The smallest absolute Gasteiger partial charge is 0.273 e. The standard InChI is InChI=1S/C17H22N4O3/c1-23-12-17(4-8-19-9-5-17)11-20-16(22)14-10-15(24-21-14)13-2-6-18-7-3-13/h2-3,6-7,10,19H,4-5,8-9,11-12H2,1H3,(H,20,22). The lowest BCUT2D eigenvalue weighted by Gasteiger charge is -2.37. The summed E-state index contributed by atoms with van der Waals surface area (Å²) in [4.78, 5) is 16.3. The minimum absolute atomic E-state index is 0.0205. The highest BCUT2D eigenvalue weighted by atomic mass is 16.5. The number of carbonyl (C=O) groups is 1. The zero-order valence-corrected chi connectivity index (χ0v) is 13.7. The highest BCUT2D eigenvalue weighted by molar-refractivity contribution is 5.93. The van der Waals surface area contributed by atoms with E-state index in [4.69, 9.17) is 9.26 Å². The van der Waals surface area contributed by atoms with Gasteiger partial charge in [0.05, 0.1) is 6.61 Å². The Hall–Kier alpha value is -2.25. The highest BCUT2D eigenvalue weighted by Gasteiger charge is 2.32. The van der Waals surface area contributed by atoms with Crippen LogP contribution < -0.4 is 10.6 Å². The lowest BCUT2D eigenvalue weighted by atomic mass is 9.79. The number of carbonyl (C=O) groups excluding carboxylic acids is 1. The van der Waals surface area contributed by atoms with Crippen LogP contribution in [0.25, 0.3) is 11.3 Å². The lowest BCUT2D eigenvalue weighted by Crippen LogP contribution is -2.47. The number of nitrogens with one attached hydrogen (secondary N) is 2. The maximum absolute atomic E-state index is 12.4. The Kier molecular flexibility index (Phi) is 5.22. The third kappa shape index (κ3) is 3.80. The molecule has 0 bridgehead atoms. The van der Waals surface area contributed by atoms with Crippen LogP contribution in [0.3, 0.4) is 0 Å². The van der Waals surface area contributed by atoms with E-state index in [-0.39, 0.29) is 17.0 Å². The molecule has 3 heterocycles. The number of amides is 1. The van der Waals surface area contributed by atoms with Crippen molar-refractivity contribution in [2.24, 2.45) is 5.41 Å². The number of pyridine rings is 1. The van der Waals surface area contributed by atoms with Gasteiger partial charge in [0.1, 0.15) is 0 Å². The van der Waals surface area contributed by atoms with Crippen molar-refractivity contribution >= 4 is 5.91 Å². The van der Waals surface area contributed by atoms with E-state index in [1.54, 1.807) is 25.6 Å². The first-order valence-electron chi connectivity index (χ1n) is 8.07. The van der Waals surface area contributed by atoms with Gasteiger partial charge in [-0.05, 0) is 38.1 Å². The predicted molar refractivity (Wildman–Crippen MR) is 88.5 cm³/mol. The number of hydrogen-bond acceptors (Lipinski definition) is 6. The number of hydrogen-bond donors (Lipinski definition) is 2. The molecule has 1 aliphatic rings. The molecule has 0 unspecified atom stereocenters. The van der Waals surface area contributed by atoms with Crippen LogP contribution in [0.1, 0.15) is 23.3 Å². The Morgan fingerprint density at radius 1 is 1.38 bits per heavy atom. The van der Waals surface area contributed by atoms with Crippen molar-refractivity contribution in [1.29, 1.82) is 0 Å². The van der Waals surface area contributed by atoms with Crippen molar-refractivity contribution in [3.8, 4) is 11.3 Å². The number of methoxy groups -OCH3 is 1. The van der Waals surface area contributed by atoms with E-state index in [2.05, 4.69) is 20.8 Å². The Labute approximate surface area is 140 Å². The topological polar surface area (TPSA) is 89.3 Å². The van der Waals surface area contributed by atoms with Crippen LogP contribution in [0, 0.1) is 5.41 Å². The SMILES string of the molecule is COCC1(CNC(=O)c2cc(-c3ccncc3)on2)CCNCC1. The molecular formula is C17H22N4O3. The molecule has 1 fully saturated rings. The Balaban J connectivity index is 1.63. The summed E-state index contributed by atoms with van der Waals surface area (Å²) in [6, 6.07) is 5.27. The lowest BCUT2D eigenvalue weighted by molar-refractivity contribution is 0.0510. The summed E-state index contributed by atoms with van der Waals surface area (Å²) in [5.41, 5.74) is 1.10. The van der Waals surface area contributed by atoms with Gasteiger partial charge >= 0.3 is 0 Å². The van der Waals surface area contributed by atoms with Crippen LogP contribution in [-0.2, 0) is 4.74 Å². The van der Waals surface area contributed by atoms with E-state index in [0.717, 1.165) is 31.5 Å². The fraction of sp³-hybridized carbons (Fsp3) is 0.471. The molecule has 2 aromatic rings. The molecule has 2 N–H and O–H groups in total. The van der Waals surface area contributed by atoms with E-state index in [0.29, 0.717) is 18.9 Å². The Morgan fingerprint density at radius 2 is 2.12 bits per heavy atom. The zero-order chi connectivity index (χ0) is 16.8. The monoisotopic (exact) mass is 330 g/mol. The fourth-order valence-corrected chi connectivity index (χ4v) is 3.03. The molecule has 0 saturated carbocycles. The largest absolute Gasteiger partial charge is 0.384 e. The maximum Gasteiger partial charge on any atom is 0.273 e. The van der Waals surface area contributed by atoms with E-state index in [9.17, 15) is 4.79 Å². The van der Waals surface area contributed by atoms with Gasteiger partial charge in [-0.1, -0.05) is 5.16 Å². The predicted octanol–water partition coefficient (Wildman–Crippen LogP) is 1.48.